The van der Waals surface area contributed by atoms with E-state index in [1.807, 2.05) is 4.68 Å². The minimum Gasteiger partial charge on any atom is -0.369 e. The standard InChI is InChI=1S/C11H15N7S/c1-2-5-13-9-6-12-7-10(14-9)19-11-15-16-17-18(11)8-3-4-8/h6-8H,2-5H2,1H3,(H,13,14). The van der Waals surface area contributed by atoms with Gasteiger partial charge in [0.1, 0.15) is 10.8 Å². The summed E-state index contributed by atoms with van der Waals surface area (Å²) in [6, 6.07) is 0.465. The van der Waals surface area contributed by atoms with E-state index in [0.29, 0.717) is 6.04 Å². The van der Waals surface area contributed by atoms with Crippen LogP contribution in [0.5, 0.6) is 0 Å². The molecule has 0 spiro atoms. The molecule has 0 unspecified atom stereocenters. The molecule has 0 aromatic carbocycles. The number of rotatable bonds is 6. The van der Waals surface area contributed by atoms with Gasteiger partial charge in [0.05, 0.1) is 18.4 Å². The van der Waals surface area contributed by atoms with E-state index in [1.165, 1.54) is 11.8 Å². The van der Waals surface area contributed by atoms with Crippen molar-refractivity contribution in [1.82, 2.24) is 30.2 Å². The molecule has 0 saturated heterocycles. The van der Waals surface area contributed by atoms with Gasteiger partial charge in [0.15, 0.2) is 0 Å². The molecule has 1 aliphatic carbocycles. The van der Waals surface area contributed by atoms with E-state index in [0.717, 1.165) is 41.8 Å². The highest BCUT2D eigenvalue weighted by molar-refractivity contribution is 7.99. The number of aromatic nitrogens is 6. The van der Waals surface area contributed by atoms with Crippen LogP contribution in [0.15, 0.2) is 22.6 Å². The third-order valence-electron chi connectivity index (χ3n) is 2.72. The lowest BCUT2D eigenvalue weighted by atomic mass is 10.5. The molecule has 0 radical (unpaired) electrons. The SMILES string of the molecule is CCCNc1cncc(Sc2nnnn2C2CC2)n1. The van der Waals surface area contributed by atoms with Crippen LogP contribution in [0.3, 0.4) is 0 Å². The van der Waals surface area contributed by atoms with Gasteiger partial charge in [-0.1, -0.05) is 6.92 Å². The van der Waals surface area contributed by atoms with Gasteiger partial charge in [0.25, 0.3) is 0 Å². The van der Waals surface area contributed by atoms with Crippen LogP contribution in [0, 0.1) is 0 Å². The second kappa shape index (κ2) is 5.52. The van der Waals surface area contributed by atoms with E-state index in [1.54, 1.807) is 12.4 Å². The van der Waals surface area contributed by atoms with Gasteiger partial charge in [-0.2, -0.15) is 0 Å². The van der Waals surface area contributed by atoms with Crippen molar-refractivity contribution in [3.63, 3.8) is 0 Å². The Labute approximate surface area is 115 Å². The van der Waals surface area contributed by atoms with Gasteiger partial charge < -0.3 is 5.32 Å². The summed E-state index contributed by atoms with van der Waals surface area (Å²) in [7, 11) is 0. The first-order chi connectivity index (χ1) is 9.36. The molecule has 0 bridgehead atoms. The van der Waals surface area contributed by atoms with Crippen LogP contribution in [0.1, 0.15) is 32.2 Å². The largest absolute Gasteiger partial charge is 0.369 e. The average Bonchev–Trinajstić information content (AvgIpc) is 3.18. The maximum Gasteiger partial charge on any atom is 0.215 e. The Morgan fingerprint density at radius 3 is 3.11 bits per heavy atom. The highest BCUT2D eigenvalue weighted by Gasteiger charge is 2.28. The fourth-order valence-corrected chi connectivity index (χ4v) is 2.43. The van der Waals surface area contributed by atoms with Crippen molar-refractivity contribution in [3.8, 4) is 0 Å². The highest BCUT2D eigenvalue weighted by atomic mass is 32.2. The molecule has 2 aromatic rings. The van der Waals surface area contributed by atoms with Crippen LogP contribution < -0.4 is 5.32 Å². The quantitative estimate of drug-likeness (QED) is 0.861. The second-order valence-corrected chi connectivity index (χ2v) is 5.40. The van der Waals surface area contributed by atoms with Crippen molar-refractivity contribution in [2.45, 2.75) is 42.4 Å². The lowest BCUT2D eigenvalue weighted by Crippen LogP contribution is -2.03. The predicted octanol–water partition coefficient (Wildman–Crippen LogP) is 1.77. The molecule has 1 fully saturated rings. The normalized spacial score (nSPS) is 14.6. The number of tetrazole rings is 1. The summed E-state index contributed by atoms with van der Waals surface area (Å²) in [6.07, 6.45) is 6.82. The minimum absolute atomic E-state index is 0.465. The molecule has 2 aromatic heterocycles. The predicted molar refractivity (Wildman–Crippen MR) is 71.0 cm³/mol. The molecule has 3 rings (SSSR count). The molecule has 1 aliphatic rings. The Balaban J connectivity index is 1.73. The zero-order valence-corrected chi connectivity index (χ0v) is 11.5. The summed E-state index contributed by atoms with van der Waals surface area (Å²) in [6.45, 7) is 3.01. The van der Waals surface area contributed by atoms with Crippen molar-refractivity contribution < 1.29 is 0 Å². The van der Waals surface area contributed by atoms with Crippen molar-refractivity contribution >= 4 is 17.6 Å². The summed E-state index contributed by atoms with van der Waals surface area (Å²) in [5, 5.41) is 16.6. The van der Waals surface area contributed by atoms with E-state index in [-0.39, 0.29) is 0 Å². The first kappa shape index (κ1) is 12.3. The van der Waals surface area contributed by atoms with Crippen molar-refractivity contribution in [1.29, 1.82) is 0 Å². The van der Waals surface area contributed by atoms with Gasteiger partial charge in [-0.15, -0.1) is 5.10 Å². The van der Waals surface area contributed by atoms with E-state index < -0.39 is 0 Å². The van der Waals surface area contributed by atoms with E-state index in [2.05, 4.69) is 37.7 Å². The molecule has 1 N–H and O–H groups in total. The molecule has 8 heteroatoms. The highest BCUT2D eigenvalue weighted by Crippen LogP contribution is 2.37. The molecular formula is C11H15N7S. The van der Waals surface area contributed by atoms with Crippen LogP contribution in [0.2, 0.25) is 0 Å². The molecule has 2 heterocycles. The number of hydrogen-bond donors (Lipinski definition) is 1. The van der Waals surface area contributed by atoms with Gasteiger partial charge in [-0.25, -0.2) is 9.67 Å². The van der Waals surface area contributed by atoms with Crippen LogP contribution in [-0.4, -0.2) is 36.7 Å². The fraction of sp³-hybridized carbons (Fsp3) is 0.545. The molecule has 0 aliphatic heterocycles. The molecular weight excluding hydrogens is 262 g/mol. The lowest BCUT2D eigenvalue weighted by molar-refractivity contribution is 0.565. The molecule has 100 valence electrons. The van der Waals surface area contributed by atoms with Gasteiger partial charge in [-0.05, 0) is 41.5 Å². The summed E-state index contributed by atoms with van der Waals surface area (Å²) < 4.78 is 1.87. The number of hydrogen-bond acceptors (Lipinski definition) is 7. The van der Waals surface area contributed by atoms with E-state index in [4.69, 9.17) is 0 Å². The second-order valence-electron chi connectivity index (χ2n) is 4.41. The Kier molecular flexibility index (Phi) is 3.58. The maximum atomic E-state index is 4.49. The monoisotopic (exact) mass is 277 g/mol. The Hall–Kier alpha value is -1.70. The van der Waals surface area contributed by atoms with Gasteiger partial charge >= 0.3 is 0 Å². The molecule has 19 heavy (non-hydrogen) atoms. The number of nitrogens with one attached hydrogen (secondary N) is 1. The molecule has 0 atom stereocenters. The summed E-state index contributed by atoms with van der Waals surface area (Å²) in [4.78, 5) is 8.67. The Bertz CT molecular complexity index is 551. The Morgan fingerprint density at radius 2 is 2.32 bits per heavy atom. The molecule has 7 nitrogen and oxygen atoms in total. The first-order valence-electron chi connectivity index (χ1n) is 6.38. The van der Waals surface area contributed by atoms with Crippen LogP contribution >= 0.6 is 11.8 Å². The topological polar surface area (TPSA) is 81.4 Å². The van der Waals surface area contributed by atoms with Crippen molar-refractivity contribution in [2.75, 3.05) is 11.9 Å². The number of anilines is 1. The maximum absolute atomic E-state index is 4.49. The molecule has 1 saturated carbocycles. The zero-order valence-electron chi connectivity index (χ0n) is 10.7. The smallest absolute Gasteiger partial charge is 0.215 e. The van der Waals surface area contributed by atoms with E-state index >= 15 is 0 Å². The van der Waals surface area contributed by atoms with Crippen molar-refractivity contribution in [2.24, 2.45) is 0 Å². The minimum atomic E-state index is 0.465. The third-order valence-corrected chi connectivity index (χ3v) is 3.58. The third kappa shape index (κ3) is 3.01. The fourth-order valence-electron chi connectivity index (χ4n) is 1.63. The Morgan fingerprint density at radius 1 is 1.42 bits per heavy atom. The van der Waals surface area contributed by atoms with Gasteiger partial charge in [0, 0.05) is 6.54 Å². The average molecular weight is 277 g/mol. The lowest BCUT2D eigenvalue weighted by Gasteiger charge is -2.05. The van der Waals surface area contributed by atoms with Crippen LogP contribution in [-0.2, 0) is 0 Å². The van der Waals surface area contributed by atoms with Crippen molar-refractivity contribution in [3.05, 3.63) is 12.4 Å². The molecule has 0 amide bonds. The van der Waals surface area contributed by atoms with Crippen LogP contribution in [0.4, 0.5) is 5.82 Å². The summed E-state index contributed by atoms with van der Waals surface area (Å²) in [5.41, 5.74) is 0. The number of nitrogens with zero attached hydrogens (tertiary/aromatic N) is 6. The van der Waals surface area contributed by atoms with Crippen LogP contribution in [0.25, 0.3) is 0 Å². The zero-order chi connectivity index (χ0) is 13.1. The van der Waals surface area contributed by atoms with Gasteiger partial charge in [-0.3, -0.25) is 4.98 Å². The first-order valence-corrected chi connectivity index (χ1v) is 7.20. The van der Waals surface area contributed by atoms with Gasteiger partial charge in [0.2, 0.25) is 5.16 Å². The summed E-state index contributed by atoms with van der Waals surface area (Å²) >= 11 is 1.45. The van der Waals surface area contributed by atoms with E-state index in [9.17, 15) is 0 Å². The summed E-state index contributed by atoms with van der Waals surface area (Å²) in [5.74, 6) is 0.789.